The monoisotopic (exact) mass is 214 g/mol. The lowest BCUT2D eigenvalue weighted by molar-refractivity contribution is -0.124. The van der Waals surface area contributed by atoms with Gasteiger partial charge in [0, 0.05) is 12.1 Å². The van der Waals surface area contributed by atoms with E-state index in [4.69, 9.17) is 0 Å². The van der Waals surface area contributed by atoms with Crippen LogP contribution in [0.25, 0.3) is 0 Å². The normalized spacial score (nSPS) is 13.7. The van der Waals surface area contributed by atoms with Crippen molar-refractivity contribution in [3.63, 3.8) is 0 Å². The fourth-order valence-electron chi connectivity index (χ4n) is 1.51. The lowest BCUT2D eigenvalue weighted by Gasteiger charge is -2.23. The van der Waals surface area contributed by atoms with Crippen LogP contribution < -0.4 is 10.6 Å². The van der Waals surface area contributed by atoms with Gasteiger partial charge in [-0.15, -0.1) is 0 Å². The molecule has 0 aliphatic carbocycles. The lowest BCUT2D eigenvalue weighted by atomic mass is 10.0. The van der Waals surface area contributed by atoms with Gasteiger partial charge in [-0.1, -0.05) is 27.7 Å². The zero-order valence-corrected chi connectivity index (χ0v) is 10.9. The van der Waals surface area contributed by atoms with Gasteiger partial charge in [-0.2, -0.15) is 0 Å². The molecule has 1 atom stereocenters. The van der Waals surface area contributed by atoms with E-state index in [1.807, 2.05) is 13.8 Å². The molecule has 0 aliphatic rings. The van der Waals surface area contributed by atoms with Gasteiger partial charge in [0.2, 0.25) is 5.91 Å². The lowest BCUT2D eigenvalue weighted by Crippen LogP contribution is -2.49. The van der Waals surface area contributed by atoms with Crippen LogP contribution in [-0.2, 0) is 4.79 Å². The summed E-state index contributed by atoms with van der Waals surface area (Å²) in [7, 11) is 0. The molecule has 15 heavy (non-hydrogen) atoms. The summed E-state index contributed by atoms with van der Waals surface area (Å²) in [5, 5.41) is 6.26. The molecule has 0 aliphatic heterocycles. The highest BCUT2D eigenvalue weighted by Gasteiger charge is 2.20. The fraction of sp³-hybridized carbons (Fsp3) is 0.917. The van der Waals surface area contributed by atoms with Gasteiger partial charge in [0.25, 0.3) is 0 Å². The number of carbonyl (C=O) groups is 1. The molecule has 90 valence electrons. The topological polar surface area (TPSA) is 41.1 Å². The molecule has 0 aromatic rings. The number of carbonyl (C=O) groups excluding carboxylic acids is 1. The van der Waals surface area contributed by atoms with Crippen molar-refractivity contribution in [1.82, 2.24) is 10.6 Å². The van der Waals surface area contributed by atoms with Crippen molar-refractivity contribution < 1.29 is 4.79 Å². The first-order chi connectivity index (χ1) is 6.82. The Hall–Kier alpha value is -0.570. The molecule has 0 saturated heterocycles. The van der Waals surface area contributed by atoms with E-state index in [9.17, 15) is 4.79 Å². The Morgan fingerprint density at radius 2 is 1.53 bits per heavy atom. The summed E-state index contributed by atoms with van der Waals surface area (Å²) in [5.74, 6) is 0.645. The maximum absolute atomic E-state index is 11.9. The minimum Gasteiger partial charge on any atom is -0.353 e. The summed E-state index contributed by atoms with van der Waals surface area (Å²) < 4.78 is 0. The number of nitrogens with one attached hydrogen (secondary N) is 2. The van der Waals surface area contributed by atoms with Crippen molar-refractivity contribution >= 4 is 5.91 Å². The number of hydrogen-bond donors (Lipinski definition) is 2. The van der Waals surface area contributed by atoms with Crippen molar-refractivity contribution in [3.05, 3.63) is 0 Å². The molecule has 0 fully saturated rings. The Bertz CT molecular complexity index is 178. The zero-order chi connectivity index (χ0) is 12.0. The molecular formula is C12H26N2O. The van der Waals surface area contributed by atoms with E-state index in [0.29, 0.717) is 12.0 Å². The highest BCUT2D eigenvalue weighted by Crippen LogP contribution is 2.06. The molecule has 0 rings (SSSR count). The minimum absolute atomic E-state index is 0.0626. The number of amides is 1. The highest BCUT2D eigenvalue weighted by atomic mass is 16.2. The average Bonchev–Trinajstić information content (AvgIpc) is 1.99. The Morgan fingerprint density at radius 3 is 1.87 bits per heavy atom. The van der Waals surface area contributed by atoms with Gasteiger partial charge < -0.3 is 10.6 Å². The second-order valence-corrected chi connectivity index (χ2v) is 5.17. The van der Waals surface area contributed by atoms with Gasteiger partial charge in [-0.25, -0.2) is 0 Å². The Balaban J connectivity index is 4.27. The molecule has 0 bridgehead atoms. The highest BCUT2D eigenvalue weighted by molar-refractivity contribution is 5.81. The fourth-order valence-corrected chi connectivity index (χ4v) is 1.51. The standard InChI is InChI=1S/C12H26N2O/c1-8(2)7-11(13-9(3)4)12(15)14-10(5)6/h8-11,13H,7H2,1-6H3,(H,14,15). The smallest absolute Gasteiger partial charge is 0.237 e. The summed E-state index contributed by atoms with van der Waals surface area (Å²) in [6.45, 7) is 12.4. The Kier molecular flexibility index (Phi) is 6.57. The molecular weight excluding hydrogens is 188 g/mol. The van der Waals surface area contributed by atoms with Gasteiger partial charge in [-0.3, -0.25) is 4.79 Å². The Morgan fingerprint density at radius 1 is 1.00 bits per heavy atom. The van der Waals surface area contributed by atoms with Gasteiger partial charge in [0.15, 0.2) is 0 Å². The minimum atomic E-state index is -0.0626. The van der Waals surface area contributed by atoms with Crippen molar-refractivity contribution in [3.8, 4) is 0 Å². The zero-order valence-electron chi connectivity index (χ0n) is 10.9. The van der Waals surface area contributed by atoms with Crippen LogP contribution >= 0.6 is 0 Å². The second kappa shape index (κ2) is 6.83. The largest absolute Gasteiger partial charge is 0.353 e. The third kappa shape index (κ3) is 7.37. The van der Waals surface area contributed by atoms with Crippen LogP contribution in [0.2, 0.25) is 0 Å². The SMILES string of the molecule is CC(C)CC(NC(C)C)C(=O)NC(C)C. The molecule has 0 spiro atoms. The van der Waals surface area contributed by atoms with Crippen molar-refractivity contribution in [1.29, 1.82) is 0 Å². The molecule has 1 amide bonds. The molecule has 0 radical (unpaired) electrons. The third-order valence-corrected chi connectivity index (χ3v) is 1.99. The van der Waals surface area contributed by atoms with Crippen LogP contribution in [0.15, 0.2) is 0 Å². The van der Waals surface area contributed by atoms with Gasteiger partial charge in [0.1, 0.15) is 0 Å². The predicted octanol–water partition coefficient (Wildman–Crippen LogP) is 1.92. The molecule has 0 aromatic carbocycles. The number of rotatable bonds is 6. The molecule has 1 unspecified atom stereocenters. The summed E-state index contributed by atoms with van der Waals surface area (Å²) in [4.78, 5) is 11.9. The molecule has 2 N–H and O–H groups in total. The third-order valence-electron chi connectivity index (χ3n) is 1.99. The van der Waals surface area contributed by atoms with E-state index in [1.165, 1.54) is 0 Å². The summed E-state index contributed by atoms with van der Waals surface area (Å²) in [6.07, 6.45) is 0.886. The summed E-state index contributed by atoms with van der Waals surface area (Å²) in [5.41, 5.74) is 0. The van der Waals surface area contributed by atoms with Crippen molar-refractivity contribution in [2.45, 2.75) is 66.1 Å². The van der Waals surface area contributed by atoms with E-state index in [0.717, 1.165) is 6.42 Å². The first-order valence-electron chi connectivity index (χ1n) is 5.89. The van der Waals surface area contributed by atoms with Crippen molar-refractivity contribution in [2.75, 3.05) is 0 Å². The maximum Gasteiger partial charge on any atom is 0.237 e. The molecule has 3 heteroatoms. The van der Waals surface area contributed by atoms with E-state index >= 15 is 0 Å². The molecule has 0 aromatic heterocycles. The second-order valence-electron chi connectivity index (χ2n) is 5.17. The predicted molar refractivity (Wildman–Crippen MR) is 64.8 cm³/mol. The van der Waals surface area contributed by atoms with Gasteiger partial charge in [-0.05, 0) is 26.2 Å². The maximum atomic E-state index is 11.9. The molecule has 3 nitrogen and oxygen atoms in total. The van der Waals surface area contributed by atoms with Crippen molar-refractivity contribution in [2.24, 2.45) is 5.92 Å². The van der Waals surface area contributed by atoms with Crippen LogP contribution in [0, 0.1) is 5.92 Å². The van der Waals surface area contributed by atoms with E-state index < -0.39 is 0 Å². The van der Waals surface area contributed by atoms with Crippen LogP contribution in [0.1, 0.15) is 48.0 Å². The summed E-state index contributed by atoms with van der Waals surface area (Å²) >= 11 is 0. The van der Waals surface area contributed by atoms with Crippen LogP contribution in [0.4, 0.5) is 0 Å². The first-order valence-corrected chi connectivity index (χ1v) is 5.89. The first kappa shape index (κ1) is 14.4. The van der Waals surface area contributed by atoms with Gasteiger partial charge >= 0.3 is 0 Å². The van der Waals surface area contributed by atoms with E-state index in [2.05, 4.69) is 38.3 Å². The van der Waals surface area contributed by atoms with Crippen LogP contribution in [0.3, 0.4) is 0 Å². The van der Waals surface area contributed by atoms with E-state index in [1.54, 1.807) is 0 Å². The number of hydrogen-bond acceptors (Lipinski definition) is 2. The van der Waals surface area contributed by atoms with Crippen LogP contribution in [-0.4, -0.2) is 24.0 Å². The molecule has 0 saturated carbocycles. The van der Waals surface area contributed by atoms with Gasteiger partial charge in [0.05, 0.1) is 6.04 Å². The Labute approximate surface area is 94.0 Å². The average molecular weight is 214 g/mol. The molecule has 0 heterocycles. The van der Waals surface area contributed by atoms with E-state index in [-0.39, 0.29) is 18.0 Å². The quantitative estimate of drug-likeness (QED) is 0.709. The van der Waals surface area contributed by atoms with Crippen LogP contribution in [0.5, 0.6) is 0 Å². The summed E-state index contributed by atoms with van der Waals surface area (Å²) in [6, 6.07) is 0.486.